The fourth-order valence-corrected chi connectivity index (χ4v) is 0. The average Bonchev–Trinajstić information content (AvgIpc) is 1.33. The van der Waals surface area contributed by atoms with E-state index in [1.807, 2.05) is 0 Å². The zero-order valence-electron chi connectivity index (χ0n) is 3.79. The third-order valence-electron chi connectivity index (χ3n) is 0. The molecule has 0 aliphatic rings. The molecule has 0 atom stereocenters. The van der Waals surface area contributed by atoms with E-state index in [0.717, 1.165) is 0 Å². The van der Waals surface area contributed by atoms with Crippen LogP contribution in [0.15, 0.2) is 0 Å². The summed E-state index contributed by atoms with van der Waals surface area (Å²) in [6, 6.07) is 0. The van der Waals surface area contributed by atoms with Crippen LogP contribution in [0.1, 0.15) is 1.37 Å². The van der Waals surface area contributed by atoms with E-state index in [1.165, 1.54) is 0 Å². The van der Waals surface area contributed by atoms with E-state index in [9.17, 15) is 0 Å². The van der Waals surface area contributed by atoms with Crippen molar-refractivity contribution < 1.29 is 21.2 Å². The zero-order chi connectivity index (χ0) is 6.28. The molecule has 0 radical (unpaired) electrons. The fraction of sp³-hybridized carbons (Fsp3) is 0. The highest BCUT2D eigenvalue weighted by molar-refractivity contribution is 5.32. The number of hydrogen-bond donors (Lipinski definition) is 2. The first-order valence-electron chi connectivity index (χ1n) is 1.42. The van der Waals surface area contributed by atoms with Gasteiger partial charge >= 0.3 is 0 Å². The third kappa shape index (κ3) is 9.85. The second-order valence-electron chi connectivity index (χ2n) is 0.197. The molecule has 0 rings (SSSR count). The Labute approximate surface area is 35.4 Å². The summed E-state index contributed by atoms with van der Waals surface area (Å²) in [7, 11) is 0. The molecule has 4 nitrogen and oxygen atoms in total. The Morgan fingerprint density at radius 1 is 1.50 bits per heavy atom. The molecule has 4 heteroatoms. The van der Waals surface area contributed by atoms with Crippen molar-refractivity contribution in [2.75, 3.05) is 0 Å². The summed E-state index contributed by atoms with van der Waals surface area (Å²) in [6.45, 7) is -0.250. The number of rotatable bonds is 0. The molecule has 0 aromatic rings. The molecule has 0 aliphatic heterocycles. The molecule has 0 heterocycles. The summed E-state index contributed by atoms with van der Waals surface area (Å²) in [5.41, 5.74) is 0. The van der Waals surface area contributed by atoms with Crippen LogP contribution in [0.5, 0.6) is 0 Å². The van der Waals surface area contributed by atoms with Gasteiger partial charge in [0.2, 0.25) is 0 Å². The van der Waals surface area contributed by atoms with E-state index in [1.54, 1.807) is 0 Å². The van der Waals surface area contributed by atoms with Crippen LogP contribution in [0.25, 0.3) is 0 Å². The summed E-state index contributed by atoms with van der Waals surface area (Å²) in [6.07, 6.45) is -1.58. The molecule has 0 bridgehead atoms. The van der Waals surface area contributed by atoms with Gasteiger partial charge in [-0.05, 0) is 0 Å². The van der Waals surface area contributed by atoms with Crippen molar-refractivity contribution >= 4 is 12.9 Å². The van der Waals surface area contributed by atoms with E-state index < -0.39 is 6.45 Å². The van der Waals surface area contributed by atoms with Gasteiger partial charge < -0.3 is 10.2 Å². The Morgan fingerprint density at radius 2 is 1.50 bits per heavy atom. The maximum absolute atomic E-state index is 8.67. The van der Waals surface area contributed by atoms with Gasteiger partial charge in [-0.3, -0.25) is 9.59 Å². The van der Waals surface area contributed by atoms with Crippen LogP contribution in [0.3, 0.4) is 0 Å². The molecule has 2 N–H and O–H groups in total. The van der Waals surface area contributed by atoms with Crippen LogP contribution < -0.4 is 0 Å². The maximum atomic E-state index is 8.67. The topological polar surface area (TPSA) is 74.6 Å². The van der Waals surface area contributed by atoms with Crippen molar-refractivity contribution in [2.24, 2.45) is 0 Å². The van der Waals surface area contributed by atoms with E-state index in [0.29, 0.717) is 0 Å². The molecule has 0 aromatic carbocycles. The van der Waals surface area contributed by atoms with Gasteiger partial charge in [0.25, 0.3) is 12.9 Å². The van der Waals surface area contributed by atoms with Crippen LogP contribution in [-0.4, -0.2) is 23.1 Å². The van der Waals surface area contributed by atoms with Crippen LogP contribution in [0.2, 0.25) is 0 Å². The summed E-state index contributed by atoms with van der Waals surface area (Å²) >= 11 is 0. The number of carbonyl (C=O) groups is 2. The van der Waals surface area contributed by atoms with Crippen LogP contribution in [0, 0.1) is 0 Å². The molecule has 6 heavy (non-hydrogen) atoms. The Balaban J connectivity index is 0. The van der Waals surface area contributed by atoms with Crippen molar-refractivity contribution in [3.63, 3.8) is 0 Å². The summed E-state index contributed by atoms with van der Waals surface area (Å²) < 4.78 is 5.50. The number of hydrogen-bond acceptors (Lipinski definition) is 2. The van der Waals surface area contributed by atoms with Gasteiger partial charge in [0, 0.05) is 0 Å². The maximum Gasteiger partial charge on any atom is 0.290 e. The largest absolute Gasteiger partial charge is 0.483 e. The molecule has 0 saturated heterocycles. The summed E-state index contributed by atoms with van der Waals surface area (Å²) in [5, 5.41) is 14.0. The molecule has 36 valence electrons. The molecule has 0 fully saturated rings. The van der Waals surface area contributed by atoms with Gasteiger partial charge in [-0.1, -0.05) is 0 Å². The Kier molecular flexibility index (Phi) is 31.7. The Bertz CT molecular complexity index is 56.7. The molecule has 0 amide bonds. The van der Waals surface area contributed by atoms with Gasteiger partial charge in [-0.15, -0.1) is 0 Å². The minimum absolute atomic E-state index is 0.250. The molecule has 0 spiro atoms. The van der Waals surface area contributed by atoms with E-state index >= 15 is 0 Å². The molecular formula is C2H4O4. The predicted octanol–water partition coefficient (Wildman–Crippen LogP) is -0.598. The number of carboxylic acid groups (broad SMARTS) is 2. The van der Waals surface area contributed by atoms with Crippen molar-refractivity contribution in [3.8, 4) is 0 Å². The lowest BCUT2D eigenvalue weighted by Crippen LogP contribution is -1.49. The van der Waals surface area contributed by atoms with Gasteiger partial charge in [-0.2, -0.15) is 0 Å². The molecule has 0 saturated carbocycles. The van der Waals surface area contributed by atoms with Crippen LogP contribution >= 0.6 is 0 Å². The lowest BCUT2D eigenvalue weighted by atomic mass is 11.7. The molecule has 0 aliphatic carbocycles. The van der Waals surface area contributed by atoms with Gasteiger partial charge in [0.05, 0.1) is 0 Å². The normalized spacial score (nSPS) is 6.33. The molecular weight excluding hydrogens is 88.0 g/mol. The van der Waals surface area contributed by atoms with Crippen LogP contribution in [0.4, 0.5) is 0 Å². The standard InChI is InChI=1S/2CH2O2/c2*2-1-3/h2*1H,(H,2,3)/i1D;. The predicted molar refractivity (Wildman–Crippen MR) is 17.4 cm³/mol. The van der Waals surface area contributed by atoms with Crippen molar-refractivity contribution in [1.82, 2.24) is 0 Å². The smallest absolute Gasteiger partial charge is 0.290 e. The van der Waals surface area contributed by atoms with Gasteiger partial charge in [0.1, 0.15) is 0 Å². The highest BCUT2D eigenvalue weighted by atomic mass is 16.3. The first-order valence-corrected chi connectivity index (χ1v) is 0.922. The third-order valence-corrected chi connectivity index (χ3v) is 0. The summed E-state index contributed by atoms with van der Waals surface area (Å²) in [4.78, 5) is 17.0. The van der Waals surface area contributed by atoms with Crippen LogP contribution in [-0.2, 0) is 9.59 Å². The lowest BCUT2D eigenvalue weighted by Gasteiger charge is -1.34. The SMILES string of the molecule is O=CO.[2H]C(=O)O. The molecule has 0 aromatic heterocycles. The fourth-order valence-electron chi connectivity index (χ4n) is 0. The van der Waals surface area contributed by atoms with E-state index in [4.69, 9.17) is 21.2 Å². The van der Waals surface area contributed by atoms with E-state index in [2.05, 4.69) is 0 Å². The van der Waals surface area contributed by atoms with Crippen molar-refractivity contribution in [2.45, 2.75) is 0 Å². The monoisotopic (exact) mass is 93.0 g/mol. The Hall–Kier alpha value is -1.06. The second kappa shape index (κ2) is 38.5. The van der Waals surface area contributed by atoms with Gasteiger partial charge in [-0.25, -0.2) is 0 Å². The molecule has 0 unspecified atom stereocenters. The Morgan fingerprint density at radius 3 is 1.50 bits per heavy atom. The highest BCUT2D eigenvalue weighted by Crippen LogP contribution is 0.969. The zero-order valence-corrected chi connectivity index (χ0v) is 2.79. The average molecular weight is 93.1 g/mol. The van der Waals surface area contributed by atoms with Gasteiger partial charge in [0.15, 0.2) is 1.37 Å². The minimum atomic E-state index is -1.58. The second-order valence-corrected chi connectivity index (χ2v) is 0.197. The van der Waals surface area contributed by atoms with Crippen molar-refractivity contribution in [1.29, 1.82) is 0 Å². The minimum Gasteiger partial charge on any atom is -0.483 e. The lowest BCUT2D eigenvalue weighted by molar-refractivity contribution is -0.123. The van der Waals surface area contributed by atoms with Crippen molar-refractivity contribution in [3.05, 3.63) is 0 Å². The summed E-state index contributed by atoms with van der Waals surface area (Å²) in [5.74, 6) is 0. The quantitative estimate of drug-likeness (QED) is 0.392. The first kappa shape index (κ1) is 4.94. The highest BCUT2D eigenvalue weighted by Gasteiger charge is 1.22. The van der Waals surface area contributed by atoms with E-state index in [-0.39, 0.29) is 6.47 Å². The first-order chi connectivity index (χ1) is 3.15.